The molecule has 1 aromatic heterocycles. The summed E-state index contributed by atoms with van der Waals surface area (Å²) in [6.45, 7) is 6.35. The third kappa shape index (κ3) is 8.67. The number of ether oxygens (including phenoxy) is 3. The van der Waals surface area contributed by atoms with Crippen LogP contribution in [0, 0.1) is 0 Å². The highest BCUT2D eigenvalue weighted by molar-refractivity contribution is 7.17. The molecule has 0 radical (unpaired) electrons. The highest BCUT2D eigenvalue weighted by Crippen LogP contribution is 2.28. The molecule has 1 atom stereocenters. The molecular weight excluding hydrogens is 512 g/mol. The number of rotatable bonds is 10. The molecule has 3 aromatic rings. The zero-order chi connectivity index (χ0) is 27.5. The van der Waals surface area contributed by atoms with E-state index < -0.39 is 18.0 Å². The van der Waals surface area contributed by atoms with E-state index in [0.717, 1.165) is 38.3 Å². The van der Waals surface area contributed by atoms with Crippen LogP contribution in [0.4, 0.5) is 0 Å². The monoisotopic (exact) mass is 546 g/mol. The topological polar surface area (TPSA) is 129 Å². The average molecular weight is 547 g/mol. The maximum atomic E-state index is 10.4. The lowest BCUT2D eigenvalue weighted by Gasteiger charge is -2.35. The third-order valence-electron chi connectivity index (χ3n) is 6.10. The van der Waals surface area contributed by atoms with Gasteiger partial charge in [0.2, 0.25) is 0 Å². The first kappa shape index (κ1) is 29.3. The summed E-state index contributed by atoms with van der Waals surface area (Å²) in [5.74, 6) is -2.27. The van der Waals surface area contributed by atoms with Gasteiger partial charge in [0.05, 0.1) is 33.5 Å². The van der Waals surface area contributed by atoms with Gasteiger partial charge >= 0.3 is 11.9 Å². The fourth-order valence-electron chi connectivity index (χ4n) is 4.16. The van der Waals surface area contributed by atoms with Gasteiger partial charge in [0, 0.05) is 44.0 Å². The van der Waals surface area contributed by atoms with Crippen molar-refractivity contribution in [3.8, 4) is 11.5 Å². The molecule has 3 N–H and O–H groups in total. The fourth-order valence-corrected chi connectivity index (χ4v) is 5.11. The molecular formula is C27H34N2O8S. The van der Waals surface area contributed by atoms with Crippen LogP contribution in [0.3, 0.4) is 0 Å². The Morgan fingerprint density at radius 1 is 0.947 bits per heavy atom. The quantitative estimate of drug-likeness (QED) is 0.327. The molecule has 2 heterocycles. The number of hydrogen-bond donors (Lipinski definition) is 3. The van der Waals surface area contributed by atoms with Gasteiger partial charge in [-0.25, -0.2) is 9.59 Å². The first-order valence-corrected chi connectivity index (χ1v) is 13.0. The van der Waals surface area contributed by atoms with E-state index in [0.29, 0.717) is 31.3 Å². The SMILES string of the molecule is COc1ccc(COCC(O)CN2CCN(Cc3csc4ccccc34)CC2)cc1OC.O=C(O)C(=O)O. The van der Waals surface area contributed by atoms with Crippen LogP contribution in [-0.2, 0) is 27.5 Å². The number of nitrogens with zero attached hydrogens (tertiary/aromatic N) is 2. The normalized spacial score (nSPS) is 14.9. The van der Waals surface area contributed by atoms with E-state index in [4.69, 9.17) is 34.0 Å². The molecule has 10 nitrogen and oxygen atoms in total. The second-order valence-corrected chi connectivity index (χ2v) is 9.71. The number of carboxylic acids is 2. The van der Waals surface area contributed by atoms with Gasteiger partial charge in [-0.3, -0.25) is 9.80 Å². The van der Waals surface area contributed by atoms with Crippen LogP contribution in [0.25, 0.3) is 10.1 Å². The van der Waals surface area contributed by atoms with Gasteiger partial charge < -0.3 is 29.5 Å². The number of carboxylic acid groups (broad SMARTS) is 2. The Hall–Kier alpha value is -3.22. The summed E-state index contributed by atoms with van der Waals surface area (Å²) in [6.07, 6.45) is -0.498. The number of carbonyl (C=O) groups is 2. The number of benzene rings is 2. The number of aliphatic carboxylic acids is 2. The van der Waals surface area contributed by atoms with Gasteiger partial charge in [0.1, 0.15) is 0 Å². The second kappa shape index (κ2) is 14.6. The first-order chi connectivity index (χ1) is 18.3. The second-order valence-electron chi connectivity index (χ2n) is 8.80. The molecule has 0 spiro atoms. The summed E-state index contributed by atoms with van der Waals surface area (Å²) in [5, 5.41) is 28.9. The number of thiophene rings is 1. The Balaban J connectivity index is 0.000000599. The van der Waals surface area contributed by atoms with E-state index in [1.165, 1.54) is 15.6 Å². The van der Waals surface area contributed by atoms with Crippen LogP contribution in [0.2, 0.25) is 0 Å². The number of β-amino-alcohol motifs (C(OH)–C–C–N with tert-alkyl or cyclic N) is 1. The van der Waals surface area contributed by atoms with Gasteiger partial charge in [-0.1, -0.05) is 24.3 Å². The van der Waals surface area contributed by atoms with Crippen molar-refractivity contribution in [2.24, 2.45) is 0 Å². The van der Waals surface area contributed by atoms with Crippen molar-refractivity contribution >= 4 is 33.4 Å². The molecule has 1 saturated heterocycles. The van der Waals surface area contributed by atoms with E-state index in [-0.39, 0.29) is 0 Å². The zero-order valence-electron chi connectivity index (χ0n) is 21.5. The van der Waals surface area contributed by atoms with Crippen molar-refractivity contribution in [2.75, 3.05) is 53.6 Å². The molecule has 4 rings (SSSR count). The molecule has 11 heteroatoms. The Morgan fingerprint density at radius 3 is 2.26 bits per heavy atom. The predicted molar refractivity (Wildman–Crippen MR) is 144 cm³/mol. The highest BCUT2D eigenvalue weighted by Gasteiger charge is 2.20. The number of hydrogen-bond acceptors (Lipinski definition) is 9. The van der Waals surface area contributed by atoms with Crippen molar-refractivity contribution in [1.29, 1.82) is 0 Å². The molecule has 0 aliphatic carbocycles. The van der Waals surface area contributed by atoms with Gasteiger partial charge in [0.25, 0.3) is 0 Å². The summed E-state index contributed by atoms with van der Waals surface area (Å²) in [7, 11) is 3.24. The van der Waals surface area contributed by atoms with E-state index in [2.05, 4.69) is 39.4 Å². The van der Waals surface area contributed by atoms with Crippen LogP contribution in [0.15, 0.2) is 47.8 Å². The van der Waals surface area contributed by atoms with Gasteiger partial charge in [-0.15, -0.1) is 11.3 Å². The minimum absolute atomic E-state index is 0.315. The standard InChI is InChI=1S/C25H32N2O4S.C2H2O4/c1-29-23-8-7-19(13-24(23)30-2)16-31-17-21(28)15-27-11-9-26(10-12-27)14-20-18-32-25-6-4-3-5-22(20)25;3-1(4)2(5)6/h3-8,13,18,21,28H,9-12,14-17H2,1-2H3;(H,3,4)(H,5,6). The molecule has 2 aromatic carbocycles. The summed E-state index contributed by atoms with van der Waals surface area (Å²) >= 11 is 1.82. The molecule has 0 amide bonds. The molecule has 206 valence electrons. The summed E-state index contributed by atoms with van der Waals surface area (Å²) in [5.41, 5.74) is 2.41. The molecule has 1 aliphatic rings. The van der Waals surface area contributed by atoms with Crippen LogP contribution in [0.1, 0.15) is 11.1 Å². The number of aliphatic hydroxyl groups is 1. The number of aliphatic hydroxyl groups excluding tert-OH is 1. The molecule has 1 unspecified atom stereocenters. The molecule has 1 fully saturated rings. The van der Waals surface area contributed by atoms with Crippen molar-refractivity contribution in [2.45, 2.75) is 19.3 Å². The van der Waals surface area contributed by atoms with Crippen LogP contribution < -0.4 is 9.47 Å². The Labute approximate surface area is 225 Å². The van der Waals surface area contributed by atoms with Crippen molar-refractivity contribution < 1.29 is 39.1 Å². The van der Waals surface area contributed by atoms with Crippen molar-refractivity contribution in [1.82, 2.24) is 9.80 Å². The van der Waals surface area contributed by atoms with Gasteiger partial charge in [-0.2, -0.15) is 0 Å². The maximum absolute atomic E-state index is 10.4. The van der Waals surface area contributed by atoms with Gasteiger partial charge in [0.15, 0.2) is 11.5 Å². The maximum Gasteiger partial charge on any atom is 0.414 e. The Morgan fingerprint density at radius 2 is 1.61 bits per heavy atom. The van der Waals surface area contributed by atoms with Crippen molar-refractivity contribution in [3.05, 3.63) is 59.0 Å². The van der Waals surface area contributed by atoms with E-state index in [1.54, 1.807) is 14.2 Å². The van der Waals surface area contributed by atoms with E-state index in [9.17, 15) is 5.11 Å². The average Bonchev–Trinajstić information content (AvgIpc) is 3.32. The number of piperazine rings is 1. The lowest BCUT2D eigenvalue weighted by atomic mass is 10.1. The lowest BCUT2D eigenvalue weighted by molar-refractivity contribution is -0.159. The first-order valence-electron chi connectivity index (χ1n) is 12.1. The fraction of sp³-hybridized carbons (Fsp3) is 0.407. The lowest BCUT2D eigenvalue weighted by Crippen LogP contribution is -2.48. The highest BCUT2D eigenvalue weighted by atomic mass is 32.1. The molecule has 0 bridgehead atoms. The van der Waals surface area contributed by atoms with E-state index in [1.807, 2.05) is 29.5 Å². The molecule has 38 heavy (non-hydrogen) atoms. The molecule has 0 saturated carbocycles. The van der Waals surface area contributed by atoms with Crippen molar-refractivity contribution in [3.63, 3.8) is 0 Å². The van der Waals surface area contributed by atoms with Crippen LogP contribution >= 0.6 is 11.3 Å². The minimum atomic E-state index is -1.82. The summed E-state index contributed by atoms with van der Waals surface area (Å²) in [6, 6.07) is 14.3. The Kier molecular flexibility index (Phi) is 11.3. The zero-order valence-corrected chi connectivity index (χ0v) is 22.4. The van der Waals surface area contributed by atoms with Crippen LogP contribution in [0.5, 0.6) is 11.5 Å². The molecule has 1 aliphatic heterocycles. The minimum Gasteiger partial charge on any atom is -0.493 e. The van der Waals surface area contributed by atoms with Crippen LogP contribution in [-0.4, -0.2) is 96.7 Å². The van der Waals surface area contributed by atoms with E-state index >= 15 is 0 Å². The summed E-state index contributed by atoms with van der Waals surface area (Å²) < 4.78 is 17.7. The third-order valence-corrected chi connectivity index (χ3v) is 7.11. The Bertz CT molecular complexity index is 1180. The van der Waals surface area contributed by atoms with Gasteiger partial charge in [-0.05, 0) is 40.1 Å². The number of methoxy groups -OCH3 is 2. The predicted octanol–water partition coefficient (Wildman–Crippen LogP) is 2.77. The largest absolute Gasteiger partial charge is 0.493 e. The summed E-state index contributed by atoms with van der Waals surface area (Å²) in [4.78, 5) is 23.0. The smallest absolute Gasteiger partial charge is 0.414 e. The number of fused-ring (bicyclic) bond motifs is 1.